The van der Waals surface area contributed by atoms with E-state index in [1.165, 1.54) is 12.3 Å². The number of primary sulfonamides is 1. The molecule has 1 aliphatic rings. The highest BCUT2D eigenvalue weighted by Crippen LogP contribution is 2.32. The normalized spacial score (nSPS) is 16.2. The highest BCUT2D eigenvalue weighted by Gasteiger charge is 2.26. The molecule has 0 unspecified atom stereocenters. The maximum atomic E-state index is 11.5. The molecule has 1 fully saturated rings. The van der Waals surface area contributed by atoms with Crippen LogP contribution in [0.2, 0.25) is 0 Å². The van der Waals surface area contributed by atoms with E-state index in [0.29, 0.717) is 5.75 Å². The van der Waals surface area contributed by atoms with Crippen molar-refractivity contribution >= 4 is 10.0 Å². The van der Waals surface area contributed by atoms with Gasteiger partial charge in [0.2, 0.25) is 5.03 Å². The van der Waals surface area contributed by atoms with Crippen molar-refractivity contribution in [2.24, 2.45) is 5.14 Å². The van der Waals surface area contributed by atoms with Crippen LogP contribution >= 0.6 is 0 Å². The van der Waals surface area contributed by atoms with E-state index in [4.69, 9.17) is 14.6 Å². The SMILES string of the molecule is CC(C)(C)Oc1cc(OC2CC2)cnc1S(N)(=O)=O. The number of nitrogens with zero attached hydrogens (tertiary/aromatic N) is 1. The highest BCUT2D eigenvalue weighted by atomic mass is 32.2. The van der Waals surface area contributed by atoms with Crippen molar-refractivity contribution < 1.29 is 17.9 Å². The van der Waals surface area contributed by atoms with Crippen LogP contribution in [0, 0.1) is 0 Å². The molecule has 106 valence electrons. The van der Waals surface area contributed by atoms with Crippen molar-refractivity contribution in [3.8, 4) is 11.5 Å². The van der Waals surface area contributed by atoms with Crippen LogP contribution in [0.1, 0.15) is 33.6 Å². The summed E-state index contributed by atoms with van der Waals surface area (Å²) in [7, 11) is -3.93. The van der Waals surface area contributed by atoms with Crippen LogP contribution in [0.3, 0.4) is 0 Å². The monoisotopic (exact) mass is 286 g/mol. The van der Waals surface area contributed by atoms with E-state index in [2.05, 4.69) is 4.98 Å². The summed E-state index contributed by atoms with van der Waals surface area (Å²) in [6, 6.07) is 1.52. The molecule has 1 aliphatic carbocycles. The van der Waals surface area contributed by atoms with Gasteiger partial charge in [-0.2, -0.15) is 0 Å². The lowest BCUT2D eigenvalue weighted by Gasteiger charge is -2.22. The van der Waals surface area contributed by atoms with Gasteiger partial charge in [-0.1, -0.05) is 0 Å². The first-order valence-electron chi connectivity index (χ1n) is 6.04. The van der Waals surface area contributed by atoms with Gasteiger partial charge in [-0.3, -0.25) is 0 Å². The predicted molar refractivity (Wildman–Crippen MR) is 69.6 cm³/mol. The fourth-order valence-electron chi connectivity index (χ4n) is 1.47. The Morgan fingerprint density at radius 3 is 2.47 bits per heavy atom. The Hall–Kier alpha value is -1.34. The molecule has 1 aromatic heterocycles. The lowest BCUT2D eigenvalue weighted by molar-refractivity contribution is 0.124. The molecule has 2 N–H and O–H groups in total. The number of ether oxygens (including phenoxy) is 2. The molecule has 19 heavy (non-hydrogen) atoms. The van der Waals surface area contributed by atoms with Gasteiger partial charge in [0.05, 0.1) is 12.3 Å². The Balaban J connectivity index is 2.37. The average Bonchev–Trinajstić information content (AvgIpc) is 2.97. The number of rotatable bonds is 4. The Kier molecular flexibility index (Phi) is 3.44. The lowest BCUT2D eigenvalue weighted by atomic mass is 10.2. The predicted octanol–water partition coefficient (Wildman–Crippen LogP) is 1.45. The van der Waals surface area contributed by atoms with Crippen molar-refractivity contribution in [2.75, 3.05) is 0 Å². The third-order valence-corrected chi connectivity index (χ3v) is 3.15. The first-order chi connectivity index (χ1) is 8.65. The molecule has 1 saturated carbocycles. The Morgan fingerprint density at radius 1 is 1.37 bits per heavy atom. The first kappa shape index (κ1) is 14.1. The molecular weight excluding hydrogens is 268 g/mol. The summed E-state index contributed by atoms with van der Waals surface area (Å²) >= 11 is 0. The molecule has 2 rings (SSSR count). The molecule has 0 amide bonds. The second kappa shape index (κ2) is 4.64. The molecule has 6 nitrogen and oxygen atoms in total. The molecule has 0 bridgehead atoms. The number of aromatic nitrogens is 1. The van der Waals surface area contributed by atoms with Crippen LogP contribution < -0.4 is 14.6 Å². The molecule has 7 heteroatoms. The van der Waals surface area contributed by atoms with Gasteiger partial charge in [-0.25, -0.2) is 18.5 Å². The summed E-state index contributed by atoms with van der Waals surface area (Å²) in [6.45, 7) is 5.44. The van der Waals surface area contributed by atoms with Crippen LogP contribution in [0.15, 0.2) is 17.3 Å². The van der Waals surface area contributed by atoms with Gasteiger partial charge >= 0.3 is 0 Å². The second-order valence-corrected chi connectivity index (χ2v) is 7.03. The number of hydrogen-bond donors (Lipinski definition) is 1. The standard InChI is InChI=1S/C12H18N2O4S/c1-12(2,3)18-10-6-9(17-8-4-5-8)7-14-11(10)19(13,15)16/h6-8H,4-5H2,1-3H3,(H2,13,15,16). The molecule has 0 atom stereocenters. The summed E-state index contributed by atoms with van der Waals surface area (Å²) in [6.07, 6.45) is 3.57. The number of sulfonamides is 1. The van der Waals surface area contributed by atoms with E-state index in [9.17, 15) is 8.42 Å². The minimum Gasteiger partial charge on any atom is -0.489 e. The van der Waals surface area contributed by atoms with Crippen LogP contribution in [-0.4, -0.2) is 25.1 Å². The van der Waals surface area contributed by atoms with E-state index in [-0.39, 0.29) is 16.9 Å². The van der Waals surface area contributed by atoms with Gasteiger partial charge in [0.1, 0.15) is 11.4 Å². The zero-order chi connectivity index (χ0) is 14.3. The molecule has 1 heterocycles. The third-order valence-electron chi connectivity index (χ3n) is 2.31. The van der Waals surface area contributed by atoms with Gasteiger partial charge < -0.3 is 9.47 Å². The third kappa shape index (κ3) is 4.07. The van der Waals surface area contributed by atoms with E-state index in [1.807, 2.05) is 20.8 Å². The van der Waals surface area contributed by atoms with Gasteiger partial charge in [0, 0.05) is 6.07 Å². The van der Waals surface area contributed by atoms with Crippen LogP contribution in [0.25, 0.3) is 0 Å². The summed E-state index contributed by atoms with van der Waals surface area (Å²) < 4.78 is 34.1. The van der Waals surface area contributed by atoms with Gasteiger partial charge in [0.25, 0.3) is 10.0 Å². The van der Waals surface area contributed by atoms with E-state index < -0.39 is 15.6 Å². The minimum absolute atomic E-state index is 0.119. The largest absolute Gasteiger partial charge is 0.489 e. The van der Waals surface area contributed by atoms with Crippen LogP contribution in [0.4, 0.5) is 0 Å². The molecular formula is C12H18N2O4S. The molecule has 0 aromatic carbocycles. The maximum absolute atomic E-state index is 11.5. The molecule has 0 saturated heterocycles. The highest BCUT2D eigenvalue weighted by molar-refractivity contribution is 7.89. The van der Waals surface area contributed by atoms with E-state index >= 15 is 0 Å². The van der Waals surface area contributed by atoms with E-state index in [0.717, 1.165) is 12.8 Å². The second-order valence-electron chi connectivity index (χ2n) is 5.55. The summed E-state index contributed by atoms with van der Waals surface area (Å²) in [5, 5.41) is 4.86. The summed E-state index contributed by atoms with van der Waals surface area (Å²) in [5.41, 5.74) is -0.556. The quantitative estimate of drug-likeness (QED) is 0.904. The minimum atomic E-state index is -3.93. The topological polar surface area (TPSA) is 91.5 Å². The Bertz CT molecular complexity index is 574. The number of nitrogens with two attached hydrogens (primary N) is 1. The first-order valence-corrected chi connectivity index (χ1v) is 7.58. The van der Waals surface area contributed by atoms with Crippen molar-refractivity contribution in [2.45, 2.75) is 50.3 Å². The van der Waals surface area contributed by atoms with Crippen LogP contribution in [-0.2, 0) is 10.0 Å². The number of hydrogen-bond acceptors (Lipinski definition) is 5. The van der Waals surface area contributed by atoms with Gasteiger partial charge in [0.15, 0.2) is 5.75 Å². The van der Waals surface area contributed by atoms with Crippen molar-refractivity contribution in [1.82, 2.24) is 4.98 Å². The average molecular weight is 286 g/mol. The van der Waals surface area contributed by atoms with Crippen molar-refractivity contribution in [1.29, 1.82) is 0 Å². The zero-order valence-electron chi connectivity index (χ0n) is 11.2. The van der Waals surface area contributed by atoms with Gasteiger partial charge in [-0.15, -0.1) is 0 Å². The zero-order valence-corrected chi connectivity index (χ0v) is 12.0. The van der Waals surface area contributed by atoms with Crippen LogP contribution in [0.5, 0.6) is 11.5 Å². The summed E-state index contributed by atoms with van der Waals surface area (Å²) in [4.78, 5) is 3.85. The lowest BCUT2D eigenvalue weighted by Crippen LogP contribution is -2.25. The molecule has 0 radical (unpaired) electrons. The smallest absolute Gasteiger partial charge is 0.259 e. The van der Waals surface area contributed by atoms with Crippen molar-refractivity contribution in [3.63, 3.8) is 0 Å². The Morgan fingerprint density at radius 2 is 2.00 bits per heavy atom. The summed E-state index contributed by atoms with van der Waals surface area (Å²) in [5.74, 6) is 0.613. The fraction of sp³-hybridized carbons (Fsp3) is 0.583. The maximum Gasteiger partial charge on any atom is 0.259 e. The fourth-order valence-corrected chi connectivity index (χ4v) is 2.05. The number of pyridine rings is 1. The Labute approximate surface area is 113 Å². The van der Waals surface area contributed by atoms with E-state index in [1.54, 1.807) is 0 Å². The van der Waals surface area contributed by atoms with Gasteiger partial charge in [-0.05, 0) is 33.6 Å². The molecule has 0 aliphatic heterocycles. The van der Waals surface area contributed by atoms with Crippen molar-refractivity contribution in [3.05, 3.63) is 12.3 Å². The molecule has 1 aromatic rings. The molecule has 0 spiro atoms.